The molecule has 0 atom stereocenters. The quantitative estimate of drug-likeness (QED) is 0.569. The van der Waals surface area contributed by atoms with Gasteiger partial charge in [0.1, 0.15) is 0 Å². The maximum absolute atomic E-state index is 12.1. The molecule has 5 nitrogen and oxygen atoms in total. The Morgan fingerprint density at radius 2 is 1.82 bits per heavy atom. The molecule has 2 aromatic carbocycles. The molecule has 0 aliphatic rings. The number of halogens is 2. The van der Waals surface area contributed by atoms with Crippen molar-refractivity contribution >= 4 is 29.9 Å². The molecule has 0 aliphatic carbocycles. The van der Waals surface area contributed by atoms with Gasteiger partial charge in [-0.2, -0.15) is 0 Å². The van der Waals surface area contributed by atoms with Crippen molar-refractivity contribution < 1.29 is 14.3 Å². The van der Waals surface area contributed by atoms with E-state index in [1.807, 2.05) is 56.3 Å². The SMILES string of the molecule is CCNCc1cc(Cl)c(OCC(=O)NCCc2ccccc2)c(OCC)c1.Cl. The number of amides is 1. The van der Waals surface area contributed by atoms with E-state index in [1.54, 1.807) is 0 Å². The van der Waals surface area contributed by atoms with Gasteiger partial charge in [0.25, 0.3) is 5.91 Å². The Morgan fingerprint density at radius 3 is 2.50 bits per heavy atom. The Labute approximate surface area is 178 Å². The molecule has 0 aromatic heterocycles. The van der Waals surface area contributed by atoms with Crippen LogP contribution in [0, 0.1) is 0 Å². The molecule has 28 heavy (non-hydrogen) atoms. The Kier molecular flexibility index (Phi) is 11.4. The van der Waals surface area contributed by atoms with E-state index in [1.165, 1.54) is 5.56 Å². The van der Waals surface area contributed by atoms with Crippen molar-refractivity contribution in [3.05, 3.63) is 58.6 Å². The number of nitrogens with one attached hydrogen (secondary N) is 2. The number of carbonyl (C=O) groups excluding carboxylic acids is 1. The minimum atomic E-state index is -0.193. The molecule has 2 aromatic rings. The lowest BCUT2D eigenvalue weighted by atomic mass is 10.1. The van der Waals surface area contributed by atoms with Crippen LogP contribution in [0.4, 0.5) is 0 Å². The van der Waals surface area contributed by atoms with E-state index in [0.29, 0.717) is 36.2 Å². The number of rotatable bonds is 11. The highest BCUT2D eigenvalue weighted by Crippen LogP contribution is 2.36. The number of ether oxygens (including phenoxy) is 2. The molecule has 0 aliphatic heterocycles. The van der Waals surface area contributed by atoms with Crippen LogP contribution in [0.1, 0.15) is 25.0 Å². The van der Waals surface area contributed by atoms with Crippen molar-refractivity contribution in [2.24, 2.45) is 0 Å². The molecule has 0 bridgehead atoms. The van der Waals surface area contributed by atoms with Crippen molar-refractivity contribution in [1.29, 1.82) is 0 Å². The molecule has 7 heteroatoms. The van der Waals surface area contributed by atoms with Gasteiger partial charge < -0.3 is 20.1 Å². The van der Waals surface area contributed by atoms with Gasteiger partial charge in [-0.25, -0.2) is 0 Å². The molecule has 0 saturated heterocycles. The van der Waals surface area contributed by atoms with Crippen molar-refractivity contribution in [2.75, 3.05) is 26.3 Å². The topological polar surface area (TPSA) is 59.6 Å². The second-order valence-electron chi connectivity index (χ2n) is 5.99. The van der Waals surface area contributed by atoms with Crippen LogP contribution in [0.2, 0.25) is 5.02 Å². The van der Waals surface area contributed by atoms with E-state index < -0.39 is 0 Å². The third-order valence-electron chi connectivity index (χ3n) is 3.87. The largest absolute Gasteiger partial charge is 0.490 e. The first-order valence-electron chi connectivity index (χ1n) is 9.23. The van der Waals surface area contributed by atoms with E-state index in [2.05, 4.69) is 10.6 Å². The highest BCUT2D eigenvalue weighted by atomic mass is 35.5. The van der Waals surface area contributed by atoms with Gasteiger partial charge in [-0.3, -0.25) is 4.79 Å². The van der Waals surface area contributed by atoms with Crippen molar-refractivity contribution in [3.8, 4) is 11.5 Å². The molecule has 0 unspecified atom stereocenters. The molecular weight excluding hydrogens is 399 g/mol. The Hall–Kier alpha value is -1.95. The lowest BCUT2D eigenvalue weighted by molar-refractivity contribution is -0.123. The summed E-state index contributed by atoms with van der Waals surface area (Å²) in [5, 5.41) is 6.54. The fraction of sp³-hybridized carbons (Fsp3) is 0.381. The van der Waals surface area contributed by atoms with Gasteiger partial charge in [-0.15, -0.1) is 12.4 Å². The van der Waals surface area contributed by atoms with Gasteiger partial charge in [0.05, 0.1) is 11.6 Å². The smallest absolute Gasteiger partial charge is 0.257 e. The number of hydrogen-bond acceptors (Lipinski definition) is 4. The first kappa shape index (κ1) is 24.1. The van der Waals surface area contributed by atoms with Crippen LogP contribution in [0.25, 0.3) is 0 Å². The normalized spacial score (nSPS) is 10.1. The first-order chi connectivity index (χ1) is 13.1. The third kappa shape index (κ3) is 7.97. The molecule has 1 amide bonds. The van der Waals surface area contributed by atoms with Crippen LogP contribution < -0.4 is 20.1 Å². The van der Waals surface area contributed by atoms with Crippen LogP contribution in [0.5, 0.6) is 11.5 Å². The lowest BCUT2D eigenvalue weighted by Gasteiger charge is -2.15. The zero-order valence-electron chi connectivity index (χ0n) is 16.3. The summed E-state index contributed by atoms with van der Waals surface area (Å²) < 4.78 is 11.3. The highest BCUT2D eigenvalue weighted by Gasteiger charge is 2.14. The van der Waals surface area contributed by atoms with E-state index in [-0.39, 0.29) is 24.9 Å². The molecule has 2 rings (SSSR count). The molecule has 0 fully saturated rings. The van der Waals surface area contributed by atoms with Crippen molar-refractivity contribution in [2.45, 2.75) is 26.8 Å². The van der Waals surface area contributed by atoms with Gasteiger partial charge in [0.15, 0.2) is 18.1 Å². The molecule has 0 heterocycles. The standard InChI is InChI=1S/C21H27ClN2O3.ClH/c1-3-23-14-17-12-18(22)21(19(13-17)26-4-2)27-15-20(25)24-11-10-16-8-6-5-7-9-16;/h5-9,12-13,23H,3-4,10-11,14-15H2,1-2H3,(H,24,25);1H. The van der Waals surface area contributed by atoms with Crippen molar-refractivity contribution in [3.63, 3.8) is 0 Å². The van der Waals surface area contributed by atoms with Gasteiger partial charge in [0, 0.05) is 13.1 Å². The summed E-state index contributed by atoms with van der Waals surface area (Å²) in [6.07, 6.45) is 0.774. The van der Waals surface area contributed by atoms with Crippen LogP contribution in [-0.2, 0) is 17.8 Å². The molecule has 154 valence electrons. The average molecular weight is 427 g/mol. The monoisotopic (exact) mass is 426 g/mol. The Balaban J connectivity index is 0.00000392. The van der Waals surface area contributed by atoms with E-state index in [9.17, 15) is 4.79 Å². The molecule has 0 saturated carbocycles. The summed E-state index contributed by atoms with van der Waals surface area (Å²) in [6, 6.07) is 13.7. The zero-order valence-corrected chi connectivity index (χ0v) is 17.9. The van der Waals surface area contributed by atoms with E-state index in [4.69, 9.17) is 21.1 Å². The fourth-order valence-corrected chi connectivity index (χ4v) is 2.86. The molecular formula is C21H28Cl2N2O3. The number of carbonyl (C=O) groups is 1. The number of hydrogen-bond donors (Lipinski definition) is 2. The zero-order chi connectivity index (χ0) is 19.5. The van der Waals surface area contributed by atoms with E-state index in [0.717, 1.165) is 18.5 Å². The number of benzene rings is 2. The fourth-order valence-electron chi connectivity index (χ4n) is 2.58. The lowest BCUT2D eigenvalue weighted by Crippen LogP contribution is -2.30. The maximum Gasteiger partial charge on any atom is 0.257 e. The second kappa shape index (κ2) is 13.3. The summed E-state index contributed by atoms with van der Waals surface area (Å²) in [7, 11) is 0. The highest BCUT2D eigenvalue weighted by molar-refractivity contribution is 6.32. The summed E-state index contributed by atoms with van der Waals surface area (Å²) in [6.45, 7) is 6.42. The Morgan fingerprint density at radius 1 is 1.07 bits per heavy atom. The summed E-state index contributed by atoms with van der Waals surface area (Å²) in [4.78, 5) is 12.1. The molecule has 2 N–H and O–H groups in total. The minimum Gasteiger partial charge on any atom is -0.490 e. The van der Waals surface area contributed by atoms with E-state index >= 15 is 0 Å². The second-order valence-corrected chi connectivity index (χ2v) is 6.40. The third-order valence-corrected chi connectivity index (χ3v) is 4.16. The van der Waals surface area contributed by atoms with Gasteiger partial charge >= 0.3 is 0 Å². The first-order valence-corrected chi connectivity index (χ1v) is 9.61. The van der Waals surface area contributed by atoms with Crippen LogP contribution >= 0.6 is 24.0 Å². The molecule has 0 radical (unpaired) electrons. The van der Waals surface area contributed by atoms with Crippen molar-refractivity contribution in [1.82, 2.24) is 10.6 Å². The minimum absolute atomic E-state index is 0. The summed E-state index contributed by atoms with van der Waals surface area (Å²) >= 11 is 6.35. The van der Waals surface area contributed by atoms with Gasteiger partial charge in [-0.05, 0) is 43.1 Å². The summed E-state index contributed by atoms with van der Waals surface area (Å²) in [5.74, 6) is 0.758. The predicted octanol–water partition coefficient (Wildman–Crippen LogP) is 4.01. The van der Waals surface area contributed by atoms with Crippen LogP contribution in [0.15, 0.2) is 42.5 Å². The van der Waals surface area contributed by atoms with Crippen LogP contribution in [-0.4, -0.2) is 32.2 Å². The predicted molar refractivity (Wildman–Crippen MR) is 116 cm³/mol. The average Bonchev–Trinajstić information content (AvgIpc) is 2.67. The summed E-state index contributed by atoms with van der Waals surface area (Å²) in [5.41, 5.74) is 2.18. The Bertz CT molecular complexity index is 727. The van der Waals surface area contributed by atoms with Crippen LogP contribution in [0.3, 0.4) is 0 Å². The van der Waals surface area contributed by atoms with Gasteiger partial charge in [0.2, 0.25) is 0 Å². The molecule has 0 spiro atoms. The maximum atomic E-state index is 12.1. The van der Waals surface area contributed by atoms with Gasteiger partial charge in [-0.1, -0.05) is 48.9 Å².